The number of nitrogens with zero attached hydrogens (tertiary/aromatic N) is 3. The Kier molecular flexibility index (Phi) is 7.64. The van der Waals surface area contributed by atoms with E-state index in [1.54, 1.807) is 19.1 Å². The first-order chi connectivity index (χ1) is 10.6. The first kappa shape index (κ1) is 19.1. The zero-order chi connectivity index (χ0) is 15.9. The van der Waals surface area contributed by atoms with Crippen molar-refractivity contribution in [2.24, 2.45) is 0 Å². The molecule has 2 aromatic rings. The summed E-state index contributed by atoms with van der Waals surface area (Å²) in [4.78, 5) is 16.1. The van der Waals surface area contributed by atoms with Crippen molar-refractivity contribution in [2.75, 3.05) is 19.6 Å². The summed E-state index contributed by atoms with van der Waals surface area (Å²) in [5, 5.41) is 10.1. The number of amides is 1. The molecule has 0 saturated heterocycles. The molecular weight excluding hydrogens is 321 g/mol. The van der Waals surface area contributed by atoms with Crippen molar-refractivity contribution in [3.05, 3.63) is 41.7 Å². The second kappa shape index (κ2) is 9.22. The van der Waals surface area contributed by atoms with Crippen LogP contribution in [0.3, 0.4) is 0 Å². The number of nitrogens with one attached hydrogen (secondary N) is 2. The van der Waals surface area contributed by atoms with Gasteiger partial charge in [0, 0.05) is 13.1 Å². The quantitative estimate of drug-likeness (QED) is 0.754. The highest BCUT2D eigenvalue weighted by molar-refractivity contribution is 5.90. The lowest BCUT2D eigenvalue weighted by atomic mass is 10.3. The summed E-state index contributed by atoms with van der Waals surface area (Å²) in [7, 11) is 0. The van der Waals surface area contributed by atoms with E-state index >= 15 is 0 Å². The third kappa shape index (κ3) is 5.30. The van der Waals surface area contributed by atoms with Crippen LogP contribution in [0.2, 0.25) is 0 Å². The number of benzene rings is 1. The molecule has 0 aliphatic heterocycles. The van der Waals surface area contributed by atoms with Gasteiger partial charge in [-0.15, -0.1) is 17.5 Å². The lowest BCUT2D eigenvalue weighted by molar-refractivity contribution is 0.0943. The minimum absolute atomic E-state index is 0. The summed E-state index contributed by atoms with van der Waals surface area (Å²) < 4.78 is 14.5. The average molecular weight is 342 g/mol. The zero-order valence-electron chi connectivity index (χ0n) is 13.2. The van der Waals surface area contributed by atoms with Crippen molar-refractivity contribution in [1.82, 2.24) is 25.4 Å². The van der Waals surface area contributed by atoms with Crippen LogP contribution in [0.15, 0.2) is 24.3 Å². The minimum Gasteiger partial charge on any atom is -0.348 e. The zero-order valence-corrected chi connectivity index (χ0v) is 14.0. The molecule has 2 N–H and O–H groups in total. The molecule has 0 fully saturated rings. The molecule has 0 radical (unpaired) electrons. The molecule has 1 heterocycles. The molecule has 1 amide bonds. The van der Waals surface area contributed by atoms with Crippen LogP contribution in [0.5, 0.6) is 0 Å². The van der Waals surface area contributed by atoms with E-state index in [1.165, 1.54) is 16.8 Å². The molecule has 0 saturated carbocycles. The topological polar surface area (TPSA) is 71.8 Å². The molecule has 0 aliphatic carbocycles. The van der Waals surface area contributed by atoms with Crippen molar-refractivity contribution in [3.63, 3.8) is 0 Å². The number of carbonyl (C=O) groups excluding carboxylic acids is 1. The molecule has 126 valence electrons. The SMILES string of the molecule is CCCNCCNC(=O)c1nc(C)n(-c2ccc(F)cc2)n1.Cl. The van der Waals surface area contributed by atoms with Crippen molar-refractivity contribution in [1.29, 1.82) is 0 Å². The third-order valence-electron chi connectivity index (χ3n) is 3.06. The van der Waals surface area contributed by atoms with E-state index in [1.807, 2.05) is 0 Å². The number of hydrogen-bond donors (Lipinski definition) is 2. The maximum Gasteiger partial charge on any atom is 0.291 e. The van der Waals surface area contributed by atoms with E-state index < -0.39 is 0 Å². The highest BCUT2D eigenvalue weighted by atomic mass is 35.5. The first-order valence-electron chi connectivity index (χ1n) is 7.30. The van der Waals surface area contributed by atoms with Crippen LogP contribution in [0, 0.1) is 12.7 Å². The highest BCUT2D eigenvalue weighted by Crippen LogP contribution is 2.10. The van der Waals surface area contributed by atoms with E-state index in [0.29, 0.717) is 24.6 Å². The monoisotopic (exact) mass is 341 g/mol. The summed E-state index contributed by atoms with van der Waals surface area (Å²) >= 11 is 0. The summed E-state index contributed by atoms with van der Waals surface area (Å²) in [6.07, 6.45) is 1.05. The Morgan fingerprint density at radius 3 is 2.57 bits per heavy atom. The fourth-order valence-electron chi connectivity index (χ4n) is 1.96. The van der Waals surface area contributed by atoms with Crippen molar-refractivity contribution >= 4 is 18.3 Å². The van der Waals surface area contributed by atoms with Crippen molar-refractivity contribution in [3.8, 4) is 5.69 Å². The van der Waals surface area contributed by atoms with Gasteiger partial charge in [0.15, 0.2) is 0 Å². The van der Waals surface area contributed by atoms with Gasteiger partial charge in [-0.25, -0.2) is 14.1 Å². The van der Waals surface area contributed by atoms with Crippen LogP contribution in [-0.4, -0.2) is 40.3 Å². The largest absolute Gasteiger partial charge is 0.348 e. The van der Waals surface area contributed by atoms with Gasteiger partial charge in [0.05, 0.1) is 5.69 Å². The second-order valence-corrected chi connectivity index (χ2v) is 4.88. The van der Waals surface area contributed by atoms with Crippen LogP contribution < -0.4 is 10.6 Å². The van der Waals surface area contributed by atoms with Gasteiger partial charge in [0.25, 0.3) is 5.91 Å². The summed E-state index contributed by atoms with van der Waals surface area (Å²) in [6.45, 7) is 5.98. The van der Waals surface area contributed by atoms with Crippen LogP contribution in [0.25, 0.3) is 5.69 Å². The van der Waals surface area contributed by atoms with Gasteiger partial charge in [0.1, 0.15) is 11.6 Å². The number of aryl methyl sites for hydroxylation is 1. The predicted molar refractivity (Wildman–Crippen MR) is 88.8 cm³/mol. The molecule has 0 aliphatic rings. The molecule has 8 heteroatoms. The maximum absolute atomic E-state index is 12.9. The van der Waals surface area contributed by atoms with Crippen LogP contribution in [0.4, 0.5) is 4.39 Å². The van der Waals surface area contributed by atoms with Gasteiger partial charge in [-0.2, -0.15) is 0 Å². The number of carbonyl (C=O) groups is 1. The van der Waals surface area contributed by atoms with Crippen LogP contribution >= 0.6 is 12.4 Å². The lowest BCUT2D eigenvalue weighted by Gasteiger charge is -2.04. The Bertz CT molecular complexity index is 629. The molecule has 23 heavy (non-hydrogen) atoms. The van der Waals surface area contributed by atoms with E-state index in [9.17, 15) is 9.18 Å². The molecule has 2 rings (SSSR count). The van der Waals surface area contributed by atoms with Gasteiger partial charge in [0.2, 0.25) is 5.82 Å². The molecule has 6 nitrogen and oxygen atoms in total. The fraction of sp³-hybridized carbons (Fsp3) is 0.400. The van der Waals surface area contributed by atoms with Crippen molar-refractivity contribution < 1.29 is 9.18 Å². The summed E-state index contributed by atoms with van der Waals surface area (Å²) in [5.41, 5.74) is 0.662. The predicted octanol–water partition coefficient (Wildman–Crippen LogP) is 1.87. The third-order valence-corrected chi connectivity index (χ3v) is 3.06. The van der Waals surface area contributed by atoms with Crippen LogP contribution in [-0.2, 0) is 0 Å². The first-order valence-corrected chi connectivity index (χ1v) is 7.30. The summed E-state index contributed by atoms with van der Waals surface area (Å²) in [6, 6.07) is 5.87. The van der Waals surface area contributed by atoms with Gasteiger partial charge >= 0.3 is 0 Å². The van der Waals surface area contributed by atoms with Gasteiger partial charge in [-0.3, -0.25) is 4.79 Å². The van der Waals surface area contributed by atoms with E-state index in [0.717, 1.165) is 13.0 Å². The molecule has 0 atom stereocenters. The number of hydrogen-bond acceptors (Lipinski definition) is 4. The Hall–Kier alpha value is -1.99. The number of rotatable bonds is 7. The Balaban J connectivity index is 0.00000264. The fourth-order valence-corrected chi connectivity index (χ4v) is 1.96. The molecule has 0 bridgehead atoms. The Labute approximate surface area is 140 Å². The standard InChI is InChI=1S/C15H20FN5O.ClH/c1-3-8-17-9-10-18-15(22)14-19-11(2)21(20-14)13-6-4-12(16)5-7-13;/h4-7,17H,3,8-10H2,1-2H3,(H,18,22);1H. The minimum atomic E-state index is -0.320. The Morgan fingerprint density at radius 1 is 1.22 bits per heavy atom. The van der Waals surface area contributed by atoms with Crippen molar-refractivity contribution in [2.45, 2.75) is 20.3 Å². The van der Waals surface area contributed by atoms with Gasteiger partial charge in [-0.05, 0) is 44.2 Å². The summed E-state index contributed by atoms with van der Waals surface area (Å²) in [5.74, 6) is 0.0412. The maximum atomic E-state index is 12.9. The van der Waals surface area contributed by atoms with Crippen LogP contribution in [0.1, 0.15) is 29.8 Å². The molecule has 1 aromatic carbocycles. The second-order valence-electron chi connectivity index (χ2n) is 4.88. The number of aromatic nitrogens is 3. The number of halogens is 2. The Morgan fingerprint density at radius 2 is 1.91 bits per heavy atom. The van der Waals surface area contributed by atoms with E-state index in [4.69, 9.17) is 0 Å². The molecule has 1 aromatic heterocycles. The van der Waals surface area contributed by atoms with Gasteiger partial charge in [-0.1, -0.05) is 6.92 Å². The lowest BCUT2D eigenvalue weighted by Crippen LogP contribution is -2.32. The van der Waals surface area contributed by atoms with E-state index in [-0.39, 0.29) is 30.0 Å². The highest BCUT2D eigenvalue weighted by Gasteiger charge is 2.14. The van der Waals surface area contributed by atoms with Gasteiger partial charge < -0.3 is 10.6 Å². The molecular formula is C15H21ClFN5O. The van der Waals surface area contributed by atoms with E-state index in [2.05, 4.69) is 27.6 Å². The molecule has 0 spiro atoms. The molecule has 0 unspecified atom stereocenters. The smallest absolute Gasteiger partial charge is 0.291 e. The average Bonchev–Trinajstić information content (AvgIpc) is 2.90. The normalized spacial score (nSPS) is 10.2.